The quantitative estimate of drug-likeness (QED) is 0.564. The van der Waals surface area contributed by atoms with E-state index < -0.39 is 0 Å². The predicted octanol–water partition coefficient (Wildman–Crippen LogP) is 3.98. The van der Waals surface area contributed by atoms with Gasteiger partial charge in [-0.2, -0.15) is 0 Å². The third-order valence-electron chi connectivity index (χ3n) is 4.94. The van der Waals surface area contributed by atoms with Gasteiger partial charge in [-0.25, -0.2) is 0 Å². The summed E-state index contributed by atoms with van der Waals surface area (Å²) >= 11 is 0. The number of ketones is 1. The van der Waals surface area contributed by atoms with Crippen molar-refractivity contribution >= 4 is 5.78 Å². The number of carbonyl (C=O) groups excluding carboxylic acids is 1. The molecule has 0 radical (unpaired) electrons. The lowest BCUT2D eigenvalue weighted by Crippen LogP contribution is -2.50. The zero-order valence-electron chi connectivity index (χ0n) is 11.3. The van der Waals surface area contributed by atoms with Crippen molar-refractivity contribution in [1.82, 2.24) is 0 Å². The van der Waals surface area contributed by atoms with E-state index in [-0.39, 0.29) is 10.8 Å². The van der Waals surface area contributed by atoms with Crippen LogP contribution in [0.1, 0.15) is 53.9 Å². The Hall–Kier alpha value is -0.590. The van der Waals surface area contributed by atoms with Crippen LogP contribution in [0, 0.1) is 22.7 Å². The molecule has 0 aromatic carbocycles. The molecule has 0 aliphatic heterocycles. The third kappa shape index (κ3) is 1.65. The summed E-state index contributed by atoms with van der Waals surface area (Å²) in [7, 11) is 0. The number of allylic oxidation sites excluding steroid dienone is 2. The molecule has 0 heterocycles. The Morgan fingerprint density at radius 1 is 1.31 bits per heavy atom. The normalized spacial score (nSPS) is 42.6. The van der Waals surface area contributed by atoms with Crippen molar-refractivity contribution in [2.75, 3.05) is 0 Å². The molecule has 1 saturated carbocycles. The average molecular weight is 220 g/mol. The summed E-state index contributed by atoms with van der Waals surface area (Å²) < 4.78 is 0. The van der Waals surface area contributed by atoms with Crippen LogP contribution in [0.25, 0.3) is 0 Å². The molecule has 0 spiro atoms. The molecular weight excluding hydrogens is 196 g/mol. The Bertz CT molecular complexity index is 350. The Balaban J connectivity index is 2.39. The Morgan fingerprint density at radius 2 is 1.94 bits per heavy atom. The molecule has 0 N–H and O–H groups in total. The highest BCUT2D eigenvalue weighted by molar-refractivity contribution is 5.87. The summed E-state index contributed by atoms with van der Waals surface area (Å²) in [5.41, 5.74) is 1.59. The smallest absolute Gasteiger partial charge is 0.140 e. The number of rotatable bonds is 0. The van der Waals surface area contributed by atoms with Crippen molar-refractivity contribution < 1.29 is 4.79 Å². The molecule has 1 heteroatoms. The number of fused-ring (bicyclic) bond motifs is 1. The van der Waals surface area contributed by atoms with Gasteiger partial charge in [0.25, 0.3) is 0 Å². The number of hydrogen-bond donors (Lipinski definition) is 0. The Morgan fingerprint density at radius 3 is 2.56 bits per heavy atom. The number of Topliss-reactive ketones (excluding diaryl/α,β-unsaturated/α-hetero) is 1. The minimum Gasteiger partial charge on any atom is -0.299 e. The minimum atomic E-state index is -0.0883. The molecule has 0 saturated heterocycles. The van der Waals surface area contributed by atoms with Gasteiger partial charge in [0.15, 0.2) is 0 Å². The molecule has 3 atom stereocenters. The van der Waals surface area contributed by atoms with Crippen LogP contribution in [0.3, 0.4) is 0 Å². The molecule has 16 heavy (non-hydrogen) atoms. The van der Waals surface area contributed by atoms with E-state index in [1.807, 2.05) is 0 Å². The molecule has 2 rings (SSSR count). The molecule has 0 unspecified atom stereocenters. The van der Waals surface area contributed by atoms with Crippen molar-refractivity contribution in [3.8, 4) is 0 Å². The van der Waals surface area contributed by atoms with Gasteiger partial charge in [0.2, 0.25) is 0 Å². The van der Waals surface area contributed by atoms with Crippen molar-refractivity contribution in [2.24, 2.45) is 22.7 Å². The molecule has 0 amide bonds. The lowest BCUT2D eigenvalue weighted by atomic mass is 9.52. The fourth-order valence-electron chi connectivity index (χ4n) is 3.77. The average Bonchev–Trinajstić information content (AvgIpc) is 2.09. The van der Waals surface area contributed by atoms with Crippen LogP contribution < -0.4 is 0 Å². The molecule has 0 aromatic rings. The molecule has 0 aromatic heterocycles. The van der Waals surface area contributed by atoms with Crippen LogP contribution in [-0.4, -0.2) is 5.78 Å². The van der Waals surface area contributed by atoms with Gasteiger partial charge in [0.1, 0.15) is 5.78 Å². The summed E-state index contributed by atoms with van der Waals surface area (Å²) in [6, 6.07) is 0. The largest absolute Gasteiger partial charge is 0.299 e. The highest BCUT2D eigenvalue weighted by atomic mass is 16.1. The predicted molar refractivity (Wildman–Crippen MR) is 67.2 cm³/mol. The lowest BCUT2D eigenvalue weighted by molar-refractivity contribution is -0.142. The summed E-state index contributed by atoms with van der Waals surface area (Å²) in [4.78, 5) is 12.5. The van der Waals surface area contributed by atoms with Crippen molar-refractivity contribution in [1.29, 1.82) is 0 Å². The first kappa shape index (κ1) is 11.9. The SMILES string of the molecule is CC1=C[C@@H](C)[C@@]2(C)C(=O)CC(C)(C)C[C@H]2C1. The number of carbonyl (C=O) groups is 1. The van der Waals surface area contributed by atoms with Crippen LogP contribution in [0.2, 0.25) is 0 Å². The monoisotopic (exact) mass is 220 g/mol. The van der Waals surface area contributed by atoms with Gasteiger partial charge in [-0.15, -0.1) is 0 Å². The van der Waals surface area contributed by atoms with Gasteiger partial charge < -0.3 is 0 Å². The fourth-order valence-corrected chi connectivity index (χ4v) is 3.77. The lowest BCUT2D eigenvalue weighted by Gasteiger charge is -2.51. The second kappa shape index (κ2) is 3.45. The molecule has 1 nitrogen and oxygen atoms in total. The van der Waals surface area contributed by atoms with Gasteiger partial charge in [0, 0.05) is 11.8 Å². The highest BCUT2D eigenvalue weighted by Gasteiger charge is 2.52. The van der Waals surface area contributed by atoms with Crippen molar-refractivity contribution in [2.45, 2.75) is 53.9 Å². The van der Waals surface area contributed by atoms with E-state index in [4.69, 9.17) is 0 Å². The standard InChI is InChI=1S/C15H24O/c1-10-6-11(2)15(5)12(7-10)8-14(3,4)9-13(15)16/h6,11-12H,7-9H2,1-5H3/t11-,12-,15-/m1/s1. The first-order valence-corrected chi connectivity index (χ1v) is 6.46. The third-order valence-corrected chi connectivity index (χ3v) is 4.94. The number of hydrogen-bond acceptors (Lipinski definition) is 1. The summed E-state index contributed by atoms with van der Waals surface area (Å²) in [5.74, 6) is 1.46. The molecule has 90 valence electrons. The molecule has 2 aliphatic carbocycles. The molecule has 1 fully saturated rings. The zero-order valence-corrected chi connectivity index (χ0v) is 11.3. The van der Waals surface area contributed by atoms with Gasteiger partial charge >= 0.3 is 0 Å². The van der Waals surface area contributed by atoms with Gasteiger partial charge in [-0.3, -0.25) is 4.79 Å². The van der Waals surface area contributed by atoms with E-state index in [9.17, 15) is 4.79 Å². The minimum absolute atomic E-state index is 0.0883. The maximum Gasteiger partial charge on any atom is 0.140 e. The van der Waals surface area contributed by atoms with Gasteiger partial charge in [0.05, 0.1) is 0 Å². The first-order valence-electron chi connectivity index (χ1n) is 6.46. The van der Waals surface area contributed by atoms with Crippen LogP contribution in [-0.2, 0) is 4.79 Å². The Labute approximate surface area is 99.3 Å². The van der Waals surface area contributed by atoms with Crippen LogP contribution in [0.5, 0.6) is 0 Å². The first-order chi connectivity index (χ1) is 7.25. The van der Waals surface area contributed by atoms with Gasteiger partial charge in [-0.05, 0) is 37.0 Å². The molecule has 0 bridgehead atoms. The summed E-state index contributed by atoms with van der Waals surface area (Å²) in [6.07, 6.45) is 5.39. The van der Waals surface area contributed by atoms with Gasteiger partial charge in [-0.1, -0.05) is 39.3 Å². The van der Waals surface area contributed by atoms with E-state index in [1.54, 1.807) is 0 Å². The second-order valence-electron chi connectivity index (χ2n) is 6.95. The topological polar surface area (TPSA) is 17.1 Å². The van der Waals surface area contributed by atoms with Crippen LogP contribution in [0.15, 0.2) is 11.6 Å². The van der Waals surface area contributed by atoms with Crippen molar-refractivity contribution in [3.05, 3.63) is 11.6 Å². The molecular formula is C15H24O. The summed E-state index contributed by atoms with van der Waals surface area (Å²) in [6.45, 7) is 11.1. The van der Waals surface area contributed by atoms with E-state index in [2.05, 4.69) is 40.7 Å². The van der Waals surface area contributed by atoms with Crippen LogP contribution in [0.4, 0.5) is 0 Å². The van der Waals surface area contributed by atoms with E-state index in [0.717, 1.165) is 12.8 Å². The second-order valence-corrected chi connectivity index (χ2v) is 6.95. The fraction of sp³-hybridized carbons (Fsp3) is 0.800. The van der Waals surface area contributed by atoms with Crippen molar-refractivity contribution in [3.63, 3.8) is 0 Å². The van der Waals surface area contributed by atoms with Crippen LogP contribution >= 0.6 is 0 Å². The molecule has 2 aliphatic rings. The van der Waals surface area contributed by atoms with E-state index in [0.29, 0.717) is 17.6 Å². The zero-order chi connectivity index (χ0) is 12.1. The van der Waals surface area contributed by atoms with E-state index in [1.165, 1.54) is 12.0 Å². The summed E-state index contributed by atoms with van der Waals surface area (Å²) in [5, 5.41) is 0. The maximum atomic E-state index is 12.5. The highest BCUT2D eigenvalue weighted by Crippen LogP contribution is 2.54. The maximum absolute atomic E-state index is 12.5. The van der Waals surface area contributed by atoms with E-state index >= 15 is 0 Å². The Kier molecular flexibility index (Phi) is 2.56.